The van der Waals surface area contributed by atoms with E-state index < -0.39 is 15.2 Å². The van der Waals surface area contributed by atoms with Crippen molar-refractivity contribution in [1.29, 1.82) is 0 Å². The maximum atomic E-state index is 2.68. The van der Waals surface area contributed by atoms with Crippen molar-refractivity contribution in [3.8, 4) is 0 Å². The highest BCUT2D eigenvalue weighted by molar-refractivity contribution is 8.02. The molecule has 2 bridgehead atoms. The topological polar surface area (TPSA) is 0 Å². The van der Waals surface area contributed by atoms with Crippen LogP contribution in [0.15, 0.2) is 199 Å². The number of hydrogen-bond acceptors (Lipinski definition) is 0. The summed E-state index contributed by atoms with van der Waals surface area (Å²) in [6.07, 6.45) is 15.9. The lowest BCUT2D eigenvalue weighted by Gasteiger charge is -2.50. The zero-order chi connectivity index (χ0) is 29.4. The summed E-state index contributed by atoms with van der Waals surface area (Å²) < 4.78 is 0. The molecule has 0 fully saturated rings. The van der Waals surface area contributed by atoms with Crippen LogP contribution < -0.4 is 15.9 Å². The Kier molecular flexibility index (Phi) is 7.15. The summed E-state index contributed by atoms with van der Waals surface area (Å²) in [4.78, 5) is -0.258. The molecule has 4 unspecified atom stereocenters. The molecule has 0 saturated heterocycles. The van der Waals surface area contributed by atoms with Gasteiger partial charge in [-0.15, -0.1) is 0 Å². The van der Waals surface area contributed by atoms with Crippen molar-refractivity contribution >= 4 is 31.1 Å². The molecule has 0 aromatic heterocycles. The van der Waals surface area contributed by atoms with Crippen molar-refractivity contribution in [1.82, 2.24) is 0 Å². The molecule has 3 aliphatic rings. The largest absolute Gasteiger partial charge is 0.148 e. The minimum Gasteiger partial charge on any atom is -0.0764 e. The molecule has 1 heterocycles. The Balaban J connectivity index is 1.63. The normalized spacial score (nSPS) is 24.6. The summed E-state index contributed by atoms with van der Waals surface area (Å²) >= 11 is 0. The minimum atomic E-state index is -2.41. The SMILES string of the molecule is C1=CC2C=CC3=CC2C(=C1)[P+](c1ccccc1)(c1ccccc1)C(Cc1ccccc1)(c1ccccc1)P3c1ccccc1. The van der Waals surface area contributed by atoms with Crippen molar-refractivity contribution in [3.05, 3.63) is 210 Å². The van der Waals surface area contributed by atoms with E-state index in [1.807, 2.05) is 0 Å². The van der Waals surface area contributed by atoms with Crippen molar-refractivity contribution < 1.29 is 0 Å². The molecule has 8 rings (SSSR count). The van der Waals surface area contributed by atoms with Crippen molar-refractivity contribution in [2.75, 3.05) is 0 Å². The Labute approximate surface area is 263 Å². The van der Waals surface area contributed by atoms with E-state index in [4.69, 9.17) is 0 Å². The Bertz CT molecular complexity index is 1830. The third-order valence-corrected chi connectivity index (χ3v) is 18.8. The lowest BCUT2D eigenvalue weighted by atomic mass is 9.85. The fourth-order valence-electron chi connectivity index (χ4n) is 7.93. The zero-order valence-electron chi connectivity index (χ0n) is 24.7. The van der Waals surface area contributed by atoms with Crippen molar-refractivity contribution in [2.45, 2.75) is 11.3 Å². The number of allylic oxidation sites excluding steroid dienone is 8. The Morgan fingerprint density at radius 1 is 0.591 bits per heavy atom. The molecule has 5 aromatic carbocycles. The number of benzene rings is 5. The predicted molar refractivity (Wildman–Crippen MR) is 192 cm³/mol. The van der Waals surface area contributed by atoms with Gasteiger partial charge in [-0.3, -0.25) is 0 Å². The van der Waals surface area contributed by atoms with Crippen LogP contribution in [0, 0.1) is 11.8 Å². The fourth-order valence-corrected chi connectivity index (χ4v) is 19.1. The second-order valence-corrected chi connectivity index (χ2v) is 18.4. The second-order valence-electron chi connectivity index (χ2n) is 11.9. The van der Waals surface area contributed by atoms with E-state index in [-0.39, 0.29) is 4.90 Å². The standard InChI is InChI=1S/C42H35P2/c1-6-17-33(18-7-1)32-42(35-20-8-2-9-21-35)43(36-22-10-3-11-23-36)37-30-29-34-19-16-28-41(40(34)31-37)44(42,38-24-12-4-13-25-38)39-26-14-5-15-27-39/h1-31,34,40H,32H2/q+1. The summed E-state index contributed by atoms with van der Waals surface area (Å²) in [5.74, 6) is 0.685. The molecule has 0 N–H and O–H groups in total. The Morgan fingerprint density at radius 3 is 1.75 bits per heavy atom. The summed E-state index contributed by atoms with van der Waals surface area (Å²) in [6.45, 7) is 0. The van der Waals surface area contributed by atoms with Gasteiger partial charge in [0.1, 0.15) is 22.8 Å². The monoisotopic (exact) mass is 601 g/mol. The van der Waals surface area contributed by atoms with Gasteiger partial charge in [0.2, 0.25) is 0 Å². The Hall–Kier alpha value is -4.08. The second kappa shape index (κ2) is 11.4. The molecule has 2 heteroatoms. The van der Waals surface area contributed by atoms with Gasteiger partial charge in [0.15, 0.2) is 0 Å². The molecule has 0 nitrogen and oxygen atoms in total. The minimum absolute atomic E-state index is 0.258. The molecule has 0 radical (unpaired) electrons. The highest BCUT2D eigenvalue weighted by Crippen LogP contribution is 2.90. The molecule has 2 aliphatic carbocycles. The number of rotatable bonds is 6. The molecule has 0 amide bonds. The zero-order valence-corrected chi connectivity index (χ0v) is 26.4. The molecule has 212 valence electrons. The van der Waals surface area contributed by atoms with Crippen molar-refractivity contribution in [2.24, 2.45) is 11.8 Å². The maximum Gasteiger partial charge on any atom is 0.148 e. The van der Waals surface area contributed by atoms with Crippen LogP contribution in [0.2, 0.25) is 0 Å². The van der Waals surface area contributed by atoms with Gasteiger partial charge < -0.3 is 0 Å². The van der Waals surface area contributed by atoms with Crippen LogP contribution in [-0.4, -0.2) is 0 Å². The first-order valence-corrected chi connectivity index (χ1v) is 18.7. The summed E-state index contributed by atoms with van der Waals surface area (Å²) in [5, 5.41) is 7.49. The van der Waals surface area contributed by atoms with Crippen LogP contribution in [-0.2, 0) is 11.3 Å². The molecular formula is C42H35P2+. The van der Waals surface area contributed by atoms with E-state index in [0.717, 1.165) is 6.42 Å². The lowest BCUT2D eigenvalue weighted by Crippen LogP contribution is -2.44. The van der Waals surface area contributed by atoms with E-state index in [1.54, 1.807) is 5.31 Å². The highest BCUT2D eigenvalue weighted by atomic mass is 31.2. The quantitative estimate of drug-likeness (QED) is 0.170. The van der Waals surface area contributed by atoms with Crippen LogP contribution in [0.5, 0.6) is 0 Å². The molecule has 1 aliphatic heterocycles. The first-order valence-electron chi connectivity index (χ1n) is 15.6. The van der Waals surface area contributed by atoms with E-state index in [1.165, 1.54) is 32.4 Å². The first-order chi connectivity index (χ1) is 21.8. The molecular weight excluding hydrogens is 566 g/mol. The van der Waals surface area contributed by atoms with Crippen LogP contribution in [0.1, 0.15) is 11.1 Å². The van der Waals surface area contributed by atoms with Crippen LogP contribution >= 0.6 is 15.2 Å². The van der Waals surface area contributed by atoms with Crippen LogP contribution in [0.3, 0.4) is 0 Å². The van der Waals surface area contributed by atoms with Gasteiger partial charge in [0, 0.05) is 31.7 Å². The molecule has 0 saturated carbocycles. The maximum absolute atomic E-state index is 2.68. The smallest absolute Gasteiger partial charge is 0.0764 e. The van der Waals surface area contributed by atoms with Crippen molar-refractivity contribution in [3.63, 3.8) is 0 Å². The third-order valence-electron chi connectivity index (χ3n) is 9.60. The van der Waals surface area contributed by atoms with E-state index in [2.05, 4.69) is 188 Å². The van der Waals surface area contributed by atoms with Gasteiger partial charge in [0.25, 0.3) is 0 Å². The van der Waals surface area contributed by atoms with E-state index in [0.29, 0.717) is 11.8 Å². The van der Waals surface area contributed by atoms with Gasteiger partial charge >= 0.3 is 0 Å². The van der Waals surface area contributed by atoms with Gasteiger partial charge in [-0.1, -0.05) is 158 Å². The third kappa shape index (κ3) is 4.20. The molecule has 5 aromatic rings. The van der Waals surface area contributed by atoms with E-state index in [9.17, 15) is 0 Å². The first kappa shape index (κ1) is 27.5. The average molecular weight is 602 g/mol. The fraction of sp³-hybridized carbons (Fsp3) is 0.0952. The van der Waals surface area contributed by atoms with Gasteiger partial charge in [0.05, 0.1) is 5.31 Å². The summed E-state index contributed by atoms with van der Waals surface area (Å²) in [7, 11) is -3.29. The molecule has 4 atom stereocenters. The van der Waals surface area contributed by atoms with E-state index >= 15 is 0 Å². The molecule has 44 heavy (non-hydrogen) atoms. The van der Waals surface area contributed by atoms with Gasteiger partial charge in [-0.05, 0) is 46.5 Å². The Morgan fingerprint density at radius 2 is 1.14 bits per heavy atom. The summed E-state index contributed by atoms with van der Waals surface area (Å²) in [5.41, 5.74) is 2.83. The predicted octanol–water partition coefficient (Wildman–Crippen LogP) is 9.71. The van der Waals surface area contributed by atoms with Gasteiger partial charge in [-0.2, -0.15) is 0 Å². The highest BCUT2D eigenvalue weighted by Gasteiger charge is 2.70. The lowest BCUT2D eigenvalue weighted by molar-refractivity contribution is 0.646. The number of hydrogen-bond donors (Lipinski definition) is 0. The van der Waals surface area contributed by atoms with Crippen LogP contribution in [0.25, 0.3) is 0 Å². The van der Waals surface area contributed by atoms with Gasteiger partial charge in [-0.25, -0.2) is 0 Å². The summed E-state index contributed by atoms with van der Waals surface area (Å²) in [6, 6.07) is 57.6. The molecule has 0 spiro atoms. The van der Waals surface area contributed by atoms with Crippen LogP contribution in [0.4, 0.5) is 0 Å². The average Bonchev–Trinajstić information content (AvgIpc) is 3.20.